The van der Waals surface area contributed by atoms with Crippen LogP contribution in [-0.2, 0) is 13.0 Å². The van der Waals surface area contributed by atoms with Crippen LogP contribution >= 0.6 is 15.9 Å². The monoisotopic (exact) mass is 547 g/mol. The molecule has 0 radical (unpaired) electrons. The molecule has 0 unspecified atom stereocenters. The molecule has 36 heavy (non-hydrogen) atoms. The smallest absolute Gasteiger partial charge is 0.282 e. The molecular weight excluding hydrogens is 518 g/mol. The van der Waals surface area contributed by atoms with Crippen LogP contribution in [0.1, 0.15) is 49.2 Å². The van der Waals surface area contributed by atoms with Crippen LogP contribution in [0.25, 0.3) is 10.9 Å². The number of fused-ring (bicyclic) bond motifs is 1. The molecule has 4 rings (SSSR count). The number of aryl methyl sites for hydroxylation is 2. The SMILES string of the molecule is CCCCc1nc2ccc(Br)cc2c(=O)n1N=Cc1ccc(OCc2ccc(C)cc2)c(OCC)c1. The Labute approximate surface area is 219 Å². The summed E-state index contributed by atoms with van der Waals surface area (Å²) in [4.78, 5) is 18.0. The summed E-state index contributed by atoms with van der Waals surface area (Å²) in [5.41, 5.74) is 3.58. The van der Waals surface area contributed by atoms with Gasteiger partial charge in [-0.15, -0.1) is 0 Å². The van der Waals surface area contributed by atoms with E-state index in [0.29, 0.717) is 47.9 Å². The summed E-state index contributed by atoms with van der Waals surface area (Å²) < 4.78 is 14.1. The highest BCUT2D eigenvalue weighted by Gasteiger charge is 2.12. The second-order valence-corrected chi connectivity index (χ2v) is 9.48. The van der Waals surface area contributed by atoms with Gasteiger partial charge >= 0.3 is 0 Å². The first-order valence-corrected chi connectivity index (χ1v) is 13.0. The summed E-state index contributed by atoms with van der Waals surface area (Å²) in [6, 6.07) is 19.4. The molecule has 0 spiro atoms. The third-order valence-electron chi connectivity index (χ3n) is 5.73. The Balaban J connectivity index is 1.63. The minimum atomic E-state index is -0.188. The van der Waals surface area contributed by atoms with Crippen molar-refractivity contribution in [3.05, 3.63) is 98.0 Å². The molecule has 0 aliphatic heterocycles. The lowest BCUT2D eigenvalue weighted by atomic mass is 10.2. The lowest BCUT2D eigenvalue weighted by molar-refractivity contribution is 0.269. The molecule has 186 valence electrons. The zero-order valence-electron chi connectivity index (χ0n) is 20.8. The second kappa shape index (κ2) is 12.0. The van der Waals surface area contributed by atoms with Crippen molar-refractivity contribution < 1.29 is 9.47 Å². The Kier molecular flexibility index (Phi) is 8.54. The van der Waals surface area contributed by atoms with Crippen LogP contribution < -0.4 is 15.0 Å². The molecule has 6 nitrogen and oxygen atoms in total. The molecule has 4 aromatic rings. The van der Waals surface area contributed by atoms with Crippen LogP contribution in [0, 0.1) is 6.92 Å². The van der Waals surface area contributed by atoms with Crippen LogP contribution in [0.3, 0.4) is 0 Å². The van der Waals surface area contributed by atoms with E-state index in [-0.39, 0.29) is 5.56 Å². The van der Waals surface area contributed by atoms with Crippen molar-refractivity contribution in [1.82, 2.24) is 9.66 Å². The van der Waals surface area contributed by atoms with Crippen LogP contribution in [0.5, 0.6) is 11.5 Å². The molecule has 7 heteroatoms. The van der Waals surface area contributed by atoms with Gasteiger partial charge in [0.1, 0.15) is 12.4 Å². The Morgan fingerprint density at radius 2 is 1.81 bits per heavy atom. The fraction of sp³-hybridized carbons (Fsp3) is 0.276. The number of aromatic nitrogens is 2. The Hall–Kier alpha value is -3.45. The van der Waals surface area contributed by atoms with Gasteiger partial charge in [-0.05, 0) is 67.8 Å². The predicted molar refractivity (Wildman–Crippen MR) is 148 cm³/mol. The summed E-state index contributed by atoms with van der Waals surface area (Å²) in [7, 11) is 0. The van der Waals surface area contributed by atoms with Crippen molar-refractivity contribution in [2.75, 3.05) is 6.61 Å². The third kappa shape index (κ3) is 6.21. The molecule has 0 amide bonds. The highest BCUT2D eigenvalue weighted by molar-refractivity contribution is 9.10. The second-order valence-electron chi connectivity index (χ2n) is 8.57. The normalized spacial score (nSPS) is 11.3. The molecule has 0 aliphatic carbocycles. The number of hydrogen-bond donors (Lipinski definition) is 0. The molecule has 0 aliphatic rings. The first kappa shape index (κ1) is 25.6. The molecule has 0 saturated carbocycles. The number of nitrogens with zero attached hydrogens (tertiary/aromatic N) is 3. The number of halogens is 1. The summed E-state index contributed by atoms with van der Waals surface area (Å²) in [6.45, 7) is 7.06. The van der Waals surface area contributed by atoms with Gasteiger partial charge in [-0.2, -0.15) is 9.78 Å². The highest BCUT2D eigenvalue weighted by atomic mass is 79.9. The van der Waals surface area contributed by atoms with Crippen LogP contribution in [0.4, 0.5) is 0 Å². The largest absolute Gasteiger partial charge is 0.490 e. The van der Waals surface area contributed by atoms with Gasteiger partial charge < -0.3 is 9.47 Å². The molecule has 0 atom stereocenters. The average Bonchev–Trinajstić information content (AvgIpc) is 2.88. The van der Waals surface area contributed by atoms with E-state index < -0.39 is 0 Å². The molecule has 0 fully saturated rings. The van der Waals surface area contributed by atoms with Crippen molar-refractivity contribution in [3.63, 3.8) is 0 Å². The number of ether oxygens (including phenoxy) is 2. The fourth-order valence-corrected chi connectivity index (χ4v) is 4.13. The van der Waals surface area contributed by atoms with E-state index in [2.05, 4.69) is 59.1 Å². The van der Waals surface area contributed by atoms with Gasteiger partial charge in [-0.25, -0.2) is 4.98 Å². The predicted octanol–water partition coefficient (Wildman–Crippen LogP) is 6.67. The average molecular weight is 548 g/mol. The van der Waals surface area contributed by atoms with Gasteiger partial charge in [-0.1, -0.05) is 59.1 Å². The van der Waals surface area contributed by atoms with Gasteiger partial charge in [0.2, 0.25) is 0 Å². The topological polar surface area (TPSA) is 65.7 Å². The van der Waals surface area contributed by atoms with Gasteiger partial charge in [0.25, 0.3) is 5.56 Å². The molecule has 1 aromatic heterocycles. The summed E-state index contributed by atoms with van der Waals surface area (Å²) in [5, 5.41) is 5.07. The molecule has 0 N–H and O–H groups in total. The molecule has 3 aromatic carbocycles. The number of unbranched alkanes of at least 4 members (excludes halogenated alkanes) is 1. The van der Waals surface area contributed by atoms with E-state index in [4.69, 9.17) is 14.5 Å². The molecule has 0 saturated heterocycles. The van der Waals surface area contributed by atoms with Crippen molar-refractivity contribution >= 4 is 33.0 Å². The van der Waals surface area contributed by atoms with Gasteiger partial charge in [0, 0.05) is 10.9 Å². The maximum Gasteiger partial charge on any atom is 0.282 e. The molecular formula is C29H30BrN3O3. The molecule has 0 bridgehead atoms. The van der Waals surface area contributed by atoms with Crippen molar-refractivity contribution in [2.45, 2.75) is 46.6 Å². The van der Waals surface area contributed by atoms with Crippen molar-refractivity contribution in [1.29, 1.82) is 0 Å². The Morgan fingerprint density at radius 1 is 1.00 bits per heavy atom. The van der Waals surface area contributed by atoms with E-state index in [1.807, 2.05) is 37.3 Å². The van der Waals surface area contributed by atoms with Crippen LogP contribution in [0.15, 0.2) is 75.0 Å². The maximum absolute atomic E-state index is 13.3. The van der Waals surface area contributed by atoms with Crippen molar-refractivity contribution in [2.24, 2.45) is 5.10 Å². The lowest BCUT2D eigenvalue weighted by Crippen LogP contribution is -2.22. The fourth-order valence-electron chi connectivity index (χ4n) is 3.77. The number of hydrogen-bond acceptors (Lipinski definition) is 5. The first-order valence-electron chi connectivity index (χ1n) is 12.2. The van der Waals surface area contributed by atoms with Crippen molar-refractivity contribution in [3.8, 4) is 11.5 Å². The van der Waals surface area contributed by atoms with E-state index in [1.165, 1.54) is 10.2 Å². The van der Waals surface area contributed by atoms with E-state index in [0.717, 1.165) is 28.4 Å². The quantitative estimate of drug-likeness (QED) is 0.208. The Morgan fingerprint density at radius 3 is 2.56 bits per heavy atom. The summed E-state index contributed by atoms with van der Waals surface area (Å²) in [5.74, 6) is 1.94. The van der Waals surface area contributed by atoms with E-state index in [1.54, 1.807) is 12.3 Å². The summed E-state index contributed by atoms with van der Waals surface area (Å²) in [6.07, 6.45) is 4.25. The zero-order valence-corrected chi connectivity index (χ0v) is 22.4. The number of benzene rings is 3. The third-order valence-corrected chi connectivity index (χ3v) is 6.23. The molecule has 1 heterocycles. The minimum absolute atomic E-state index is 0.188. The van der Waals surface area contributed by atoms with Gasteiger partial charge in [0.05, 0.1) is 23.7 Å². The van der Waals surface area contributed by atoms with E-state index >= 15 is 0 Å². The highest BCUT2D eigenvalue weighted by Crippen LogP contribution is 2.29. The van der Waals surface area contributed by atoms with Crippen LogP contribution in [-0.4, -0.2) is 22.5 Å². The first-order chi connectivity index (χ1) is 17.5. The lowest BCUT2D eigenvalue weighted by Gasteiger charge is -2.13. The maximum atomic E-state index is 13.3. The van der Waals surface area contributed by atoms with E-state index in [9.17, 15) is 4.79 Å². The summed E-state index contributed by atoms with van der Waals surface area (Å²) >= 11 is 3.45. The number of rotatable bonds is 10. The van der Waals surface area contributed by atoms with Crippen LogP contribution in [0.2, 0.25) is 0 Å². The standard InChI is InChI=1S/C29H30BrN3O3/c1-4-6-7-28-32-25-14-13-23(30)17-24(25)29(34)33(28)31-18-22-12-15-26(27(16-22)35-5-2)36-19-21-10-8-20(3)9-11-21/h8-18H,4-7,19H2,1-3H3. The van der Waals surface area contributed by atoms with Gasteiger partial charge in [-0.3, -0.25) is 4.79 Å². The zero-order chi connectivity index (χ0) is 25.5. The minimum Gasteiger partial charge on any atom is -0.490 e. The van der Waals surface area contributed by atoms with Gasteiger partial charge in [0.15, 0.2) is 11.5 Å². The Bertz CT molecular complexity index is 1430.